The van der Waals surface area contributed by atoms with Gasteiger partial charge in [-0.15, -0.1) is 0 Å². The molecule has 0 aliphatic heterocycles. The Morgan fingerprint density at radius 2 is 1.75 bits per heavy atom. The summed E-state index contributed by atoms with van der Waals surface area (Å²) in [6.07, 6.45) is 0.493. The van der Waals surface area contributed by atoms with Gasteiger partial charge in [-0.1, -0.05) is 24.1 Å². The molecule has 0 fully saturated rings. The normalized spacial score (nSPS) is 11.9. The van der Waals surface area contributed by atoms with Gasteiger partial charge in [0.05, 0.1) is 5.60 Å². The Morgan fingerprint density at radius 3 is 2.20 bits per heavy atom. The van der Waals surface area contributed by atoms with E-state index >= 15 is 0 Å². The summed E-state index contributed by atoms with van der Waals surface area (Å²) in [5.74, 6) is 0.172. The van der Waals surface area contributed by atoms with Crippen LogP contribution in [-0.4, -0.2) is 41.0 Å². The van der Waals surface area contributed by atoms with E-state index in [1.54, 1.807) is 13.8 Å². The van der Waals surface area contributed by atoms with Gasteiger partial charge in [0.15, 0.2) is 5.78 Å². The van der Waals surface area contributed by atoms with Crippen molar-refractivity contribution in [2.24, 2.45) is 0 Å². The van der Waals surface area contributed by atoms with Crippen molar-refractivity contribution in [3.8, 4) is 0 Å². The number of ketones is 1. The van der Waals surface area contributed by atoms with E-state index in [2.05, 4.69) is 11.0 Å². The molecule has 0 atom stereocenters. The van der Waals surface area contributed by atoms with E-state index in [1.807, 2.05) is 32.9 Å². The van der Waals surface area contributed by atoms with Gasteiger partial charge in [0.25, 0.3) is 0 Å². The first-order valence-electron chi connectivity index (χ1n) is 7.27. The molecule has 0 bridgehead atoms. The molecule has 1 rings (SSSR count). The summed E-state index contributed by atoms with van der Waals surface area (Å²) < 4.78 is 0. The smallest absolute Gasteiger partial charge is 0.164 e. The van der Waals surface area contributed by atoms with Crippen LogP contribution < -0.4 is 0 Å². The van der Waals surface area contributed by atoms with E-state index in [0.29, 0.717) is 19.5 Å². The number of Topliss-reactive ketones (excluding diaryl/α,β-unsaturated/α-hetero) is 1. The monoisotopic (exact) mass is 277 g/mol. The van der Waals surface area contributed by atoms with Gasteiger partial charge in [-0.05, 0) is 46.4 Å². The summed E-state index contributed by atoms with van der Waals surface area (Å²) in [7, 11) is 0. The number of likely N-dealkylation sites (N-methyl/N-ethyl adjacent to an activating group) is 1. The van der Waals surface area contributed by atoms with E-state index in [1.165, 1.54) is 0 Å². The SMILES string of the molecule is CCN(CCC(=O)c1cc(C)cc(C)c1)CC(C)(C)O. The largest absolute Gasteiger partial charge is 0.389 e. The third kappa shape index (κ3) is 5.85. The highest BCUT2D eigenvalue weighted by molar-refractivity contribution is 5.96. The van der Waals surface area contributed by atoms with E-state index in [-0.39, 0.29) is 5.78 Å². The number of aryl methyl sites for hydroxylation is 2. The molecule has 1 aromatic rings. The molecule has 0 amide bonds. The molecule has 20 heavy (non-hydrogen) atoms. The zero-order chi connectivity index (χ0) is 15.3. The number of nitrogens with zero attached hydrogens (tertiary/aromatic N) is 1. The predicted octanol–water partition coefficient (Wildman–Crippen LogP) is 2.97. The Hall–Kier alpha value is -1.19. The molecule has 0 radical (unpaired) electrons. The molecular weight excluding hydrogens is 250 g/mol. The van der Waals surface area contributed by atoms with Crippen molar-refractivity contribution in [2.75, 3.05) is 19.6 Å². The van der Waals surface area contributed by atoms with E-state index in [4.69, 9.17) is 0 Å². The zero-order valence-corrected chi connectivity index (χ0v) is 13.4. The number of carbonyl (C=O) groups excluding carboxylic acids is 1. The van der Waals surface area contributed by atoms with Gasteiger partial charge >= 0.3 is 0 Å². The number of aliphatic hydroxyl groups is 1. The van der Waals surface area contributed by atoms with Crippen LogP contribution in [0.2, 0.25) is 0 Å². The Kier molecular flexibility index (Phi) is 5.90. The topological polar surface area (TPSA) is 40.5 Å². The summed E-state index contributed by atoms with van der Waals surface area (Å²) in [6, 6.07) is 5.96. The van der Waals surface area contributed by atoms with Crippen molar-refractivity contribution in [3.05, 3.63) is 34.9 Å². The maximum absolute atomic E-state index is 12.2. The molecule has 3 heteroatoms. The third-order valence-electron chi connectivity index (χ3n) is 3.26. The Labute approximate surface area is 122 Å². The number of hydrogen-bond donors (Lipinski definition) is 1. The molecule has 0 saturated heterocycles. The van der Waals surface area contributed by atoms with Crippen LogP contribution in [0.1, 0.15) is 48.7 Å². The van der Waals surface area contributed by atoms with Gasteiger partial charge in [0, 0.05) is 25.1 Å². The molecule has 0 unspecified atom stereocenters. The second-order valence-corrected chi connectivity index (χ2v) is 6.23. The first-order chi connectivity index (χ1) is 9.21. The Bertz CT molecular complexity index is 440. The Morgan fingerprint density at radius 1 is 1.20 bits per heavy atom. The van der Waals surface area contributed by atoms with Crippen LogP contribution in [0.4, 0.5) is 0 Å². The van der Waals surface area contributed by atoms with Crippen LogP contribution >= 0.6 is 0 Å². The van der Waals surface area contributed by atoms with Crippen LogP contribution in [0, 0.1) is 13.8 Å². The van der Waals surface area contributed by atoms with Crippen LogP contribution in [0.15, 0.2) is 18.2 Å². The minimum atomic E-state index is -0.723. The van der Waals surface area contributed by atoms with E-state index in [0.717, 1.165) is 23.2 Å². The molecule has 112 valence electrons. The van der Waals surface area contributed by atoms with Crippen LogP contribution in [0.25, 0.3) is 0 Å². The average molecular weight is 277 g/mol. The fraction of sp³-hybridized carbons (Fsp3) is 0.588. The maximum atomic E-state index is 12.2. The molecule has 0 spiro atoms. The molecule has 3 nitrogen and oxygen atoms in total. The number of carbonyl (C=O) groups is 1. The molecule has 0 aromatic heterocycles. The number of hydrogen-bond acceptors (Lipinski definition) is 3. The lowest BCUT2D eigenvalue weighted by molar-refractivity contribution is 0.0371. The highest BCUT2D eigenvalue weighted by Gasteiger charge is 2.18. The first-order valence-corrected chi connectivity index (χ1v) is 7.27. The lowest BCUT2D eigenvalue weighted by atomic mass is 10.0. The quantitative estimate of drug-likeness (QED) is 0.779. The first kappa shape index (κ1) is 16.9. The molecule has 0 saturated carbocycles. The summed E-state index contributed by atoms with van der Waals surface area (Å²) in [4.78, 5) is 14.4. The second kappa shape index (κ2) is 7.00. The minimum Gasteiger partial charge on any atom is -0.389 e. The fourth-order valence-corrected chi connectivity index (χ4v) is 2.44. The molecule has 0 aliphatic carbocycles. The van der Waals surface area contributed by atoms with Crippen molar-refractivity contribution in [1.82, 2.24) is 4.90 Å². The summed E-state index contributed by atoms with van der Waals surface area (Å²) >= 11 is 0. The molecule has 1 N–H and O–H groups in total. The highest BCUT2D eigenvalue weighted by Crippen LogP contribution is 2.12. The molecule has 0 heterocycles. The van der Waals surface area contributed by atoms with Gasteiger partial charge in [-0.25, -0.2) is 0 Å². The van der Waals surface area contributed by atoms with Crippen molar-refractivity contribution in [2.45, 2.75) is 46.6 Å². The Balaban J connectivity index is 2.61. The zero-order valence-electron chi connectivity index (χ0n) is 13.4. The minimum absolute atomic E-state index is 0.172. The van der Waals surface area contributed by atoms with Gasteiger partial charge in [-0.2, -0.15) is 0 Å². The third-order valence-corrected chi connectivity index (χ3v) is 3.26. The van der Waals surface area contributed by atoms with Crippen LogP contribution in [0.3, 0.4) is 0 Å². The molecule has 1 aromatic carbocycles. The van der Waals surface area contributed by atoms with E-state index < -0.39 is 5.60 Å². The standard InChI is InChI=1S/C17H27NO2/c1-6-18(12-17(4,5)20)8-7-16(19)15-10-13(2)9-14(3)11-15/h9-11,20H,6-8,12H2,1-5H3. The van der Waals surface area contributed by atoms with Crippen LogP contribution in [0.5, 0.6) is 0 Å². The average Bonchev–Trinajstić information content (AvgIpc) is 2.31. The van der Waals surface area contributed by atoms with Crippen molar-refractivity contribution in [1.29, 1.82) is 0 Å². The number of benzene rings is 1. The number of rotatable bonds is 7. The molecular formula is C17H27NO2. The van der Waals surface area contributed by atoms with Gasteiger partial charge in [0.1, 0.15) is 0 Å². The van der Waals surface area contributed by atoms with E-state index in [9.17, 15) is 9.90 Å². The van der Waals surface area contributed by atoms with Gasteiger partial charge in [0.2, 0.25) is 0 Å². The summed E-state index contributed by atoms with van der Waals surface area (Å²) in [5.41, 5.74) is 2.31. The van der Waals surface area contributed by atoms with Crippen molar-refractivity contribution < 1.29 is 9.90 Å². The van der Waals surface area contributed by atoms with Crippen LogP contribution in [-0.2, 0) is 0 Å². The van der Waals surface area contributed by atoms with Crippen molar-refractivity contribution in [3.63, 3.8) is 0 Å². The fourth-order valence-electron chi connectivity index (χ4n) is 2.44. The van der Waals surface area contributed by atoms with Gasteiger partial charge in [-0.3, -0.25) is 4.79 Å². The second-order valence-electron chi connectivity index (χ2n) is 6.23. The highest BCUT2D eigenvalue weighted by atomic mass is 16.3. The molecule has 0 aliphatic rings. The predicted molar refractivity (Wildman–Crippen MR) is 83.3 cm³/mol. The van der Waals surface area contributed by atoms with Gasteiger partial charge < -0.3 is 10.0 Å². The lowest BCUT2D eigenvalue weighted by Gasteiger charge is -2.27. The maximum Gasteiger partial charge on any atom is 0.164 e. The summed E-state index contributed by atoms with van der Waals surface area (Å²) in [5, 5.41) is 9.85. The lowest BCUT2D eigenvalue weighted by Crippen LogP contribution is -2.39. The van der Waals surface area contributed by atoms with Crippen molar-refractivity contribution >= 4 is 5.78 Å². The summed E-state index contributed by atoms with van der Waals surface area (Å²) in [6.45, 7) is 11.8.